The van der Waals surface area contributed by atoms with E-state index in [0.717, 1.165) is 25.9 Å². The molecule has 2 rings (SSSR count). The summed E-state index contributed by atoms with van der Waals surface area (Å²) in [6.45, 7) is 2.44. The SMILES string of the molecule is O=C(O)c1cccc(CN2CCCCCC2)c1F. The lowest BCUT2D eigenvalue weighted by Crippen LogP contribution is -2.24. The molecule has 1 aromatic rings. The third-order valence-corrected chi connectivity index (χ3v) is 3.40. The lowest BCUT2D eigenvalue weighted by atomic mass is 10.1. The molecule has 18 heavy (non-hydrogen) atoms. The van der Waals surface area contributed by atoms with Crippen LogP contribution >= 0.6 is 0 Å². The second kappa shape index (κ2) is 5.96. The second-order valence-corrected chi connectivity index (χ2v) is 4.77. The van der Waals surface area contributed by atoms with Crippen molar-refractivity contribution in [3.8, 4) is 0 Å². The summed E-state index contributed by atoms with van der Waals surface area (Å²) < 4.78 is 14.0. The number of carboxylic acid groups (broad SMARTS) is 1. The molecule has 0 atom stereocenters. The van der Waals surface area contributed by atoms with Gasteiger partial charge in [0.2, 0.25) is 0 Å². The number of hydrogen-bond donors (Lipinski definition) is 1. The highest BCUT2D eigenvalue weighted by molar-refractivity contribution is 5.88. The molecule has 1 fully saturated rings. The van der Waals surface area contributed by atoms with Gasteiger partial charge in [-0.1, -0.05) is 25.0 Å². The van der Waals surface area contributed by atoms with E-state index in [1.807, 2.05) is 0 Å². The van der Waals surface area contributed by atoms with Crippen molar-refractivity contribution < 1.29 is 14.3 Å². The quantitative estimate of drug-likeness (QED) is 0.898. The molecule has 4 heteroatoms. The van der Waals surface area contributed by atoms with Crippen molar-refractivity contribution in [1.29, 1.82) is 0 Å². The first-order valence-electron chi connectivity index (χ1n) is 6.41. The molecule has 0 spiro atoms. The third-order valence-electron chi connectivity index (χ3n) is 3.40. The van der Waals surface area contributed by atoms with Crippen LogP contribution in [0.2, 0.25) is 0 Å². The smallest absolute Gasteiger partial charge is 0.338 e. The summed E-state index contributed by atoms with van der Waals surface area (Å²) in [5, 5.41) is 8.89. The largest absolute Gasteiger partial charge is 0.478 e. The molecular formula is C14H18FNO2. The fourth-order valence-corrected chi connectivity index (χ4v) is 2.40. The van der Waals surface area contributed by atoms with Crippen molar-refractivity contribution >= 4 is 5.97 Å². The van der Waals surface area contributed by atoms with E-state index in [1.165, 1.54) is 18.9 Å². The number of hydrogen-bond acceptors (Lipinski definition) is 2. The number of rotatable bonds is 3. The number of likely N-dealkylation sites (tertiary alicyclic amines) is 1. The Bertz CT molecular complexity index is 426. The van der Waals surface area contributed by atoms with Crippen LogP contribution in [0.1, 0.15) is 41.6 Å². The zero-order chi connectivity index (χ0) is 13.0. The van der Waals surface area contributed by atoms with E-state index in [0.29, 0.717) is 12.1 Å². The predicted molar refractivity (Wildman–Crippen MR) is 67.1 cm³/mol. The minimum absolute atomic E-state index is 0.234. The maximum atomic E-state index is 14.0. The van der Waals surface area contributed by atoms with Crippen LogP contribution in [0.4, 0.5) is 4.39 Å². The van der Waals surface area contributed by atoms with Gasteiger partial charge in [-0.3, -0.25) is 4.90 Å². The summed E-state index contributed by atoms with van der Waals surface area (Å²) in [7, 11) is 0. The van der Waals surface area contributed by atoms with Crippen LogP contribution in [-0.2, 0) is 6.54 Å². The van der Waals surface area contributed by atoms with Crippen LogP contribution in [0, 0.1) is 5.82 Å². The molecule has 1 aliphatic heterocycles. The van der Waals surface area contributed by atoms with Gasteiger partial charge in [0, 0.05) is 12.1 Å². The fraction of sp³-hybridized carbons (Fsp3) is 0.500. The Morgan fingerprint density at radius 3 is 2.50 bits per heavy atom. The molecular weight excluding hydrogens is 233 g/mol. The molecule has 98 valence electrons. The number of nitrogens with zero attached hydrogens (tertiary/aromatic N) is 1. The van der Waals surface area contributed by atoms with Gasteiger partial charge >= 0.3 is 5.97 Å². The highest BCUT2D eigenvalue weighted by Crippen LogP contribution is 2.17. The maximum absolute atomic E-state index is 14.0. The van der Waals surface area contributed by atoms with Crippen molar-refractivity contribution in [3.05, 3.63) is 35.1 Å². The minimum Gasteiger partial charge on any atom is -0.478 e. The molecule has 3 nitrogen and oxygen atoms in total. The first-order valence-corrected chi connectivity index (χ1v) is 6.41. The fourth-order valence-electron chi connectivity index (χ4n) is 2.40. The maximum Gasteiger partial charge on any atom is 0.338 e. The molecule has 0 unspecified atom stereocenters. The van der Waals surface area contributed by atoms with Crippen molar-refractivity contribution in [3.63, 3.8) is 0 Å². The van der Waals surface area contributed by atoms with E-state index >= 15 is 0 Å². The van der Waals surface area contributed by atoms with Gasteiger partial charge in [0.15, 0.2) is 0 Å². The average molecular weight is 251 g/mol. The van der Waals surface area contributed by atoms with Gasteiger partial charge in [0.1, 0.15) is 5.82 Å². The van der Waals surface area contributed by atoms with Crippen molar-refractivity contribution in [1.82, 2.24) is 4.90 Å². The molecule has 0 aromatic heterocycles. The van der Waals surface area contributed by atoms with Crippen molar-refractivity contribution in [2.24, 2.45) is 0 Å². The van der Waals surface area contributed by atoms with Gasteiger partial charge in [-0.25, -0.2) is 9.18 Å². The Hall–Kier alpha value is -1.42. The summed E-state index contributed by atoms with van der Waals surface area (Å²) in [5.41, 5.74) is 0.249. The van der Waals surface area contributed by atoms with Gasteiger partial charge < -0.3 is 5.11 Å². The standard InChI is InChI=1S/C14H18FNO2/c15-13-11(6-5-7-12(13)14(17)18)10-16-8-3-1-2-4-9-16/h5-7H,1-4,8-10H2,(H,17,18). The molecule has 1 aromatic carbocycles. The summed E-state index contributed by atoms with van der Waals surface area (Å²) in [5.74, 6) is -1.79. The molecule has 0 bridgehead atoms. The molecule has 1 heterocycles. The number of benzene rings is 1. The Balaban J connectivity index is 2.13. The number of aromatic carboxylic acids is 1. The Morgan fingerprint density at radius 1 is 1.22 bits per heavy atom. The lowest BCUT2D eigenvalue weighted by Gasteiger charge is -2.20. The first kappa shape index (κ1) is 13.0. The van der Waals surface area contributed by atoms with Crippen LogP contribution in [-0.4, -0.2) is 29.1 Å². The number of carboxylic acids is 1. The normalized spacial score (nSPS) is 17.4. The second-order valence-electron chi connectivity index (χ2n) is 4.77. The van der Waals surface area contributed by atoms with Gasteiger partial charge in [-0.2, -0.15) is 0 Å². The highest BCUT2D eigenvalue weighted by atomic mass is 19.1. The van der Waals surface area contributed by atoms with Gasteiger partial charge in [0.05, 0.1) is 5.56 Å². The Morgan fingerprint density at radius 2 is 1.89 bits per heavy atom. The van der Waals surface area contributed by atoms with E-state index < -0.39 is 11.8 Å². The van der Waals surface area contributed by atoms with Crippen LogP contribution < -0.4 is 0 Å². The Labute approximate surface area is 106 Å². The Kier molecular flexibility index (Phi) is 4.31. The zero-order valence-electron chi connectivity index (χ0n) is 10.4. The average Bonchev–Trinajstić information content (AvgIpc) is 2.60. The summed E-state index contributed by atoms with van der Waals surface area (Å²) in [6, 6.07) is 4.59. The van der Waals surface area contributed by atoms with Gasteiger partial charge in [-0.15, -0.1) is 0 Å². The van der Waals surface area contributed by atoms with E-state index in [-0.39, 0.29) is 5.56 Å². The van der Waals surface area contributed by atoms with Crippen LogP contribution in [0.25, 0.3) is 0 Å². The molecule has 1 N–H and O–H groups in total. The summed E-state index contributed by atoms with van der Waals surface area (Å²) >= 11 is 0. The van der Waals surface area contributed by atoms with Crippen LogP contribution in [0.5, 0.6) is 0 Å². The molecule has 0 saturated carbocycles. The van der Waals surface area contributed by atoms with E-state index in [1.54, 1.807) is 12.1 Å². The summed E-state index contributed by atoms with van der Waals surface area (Å²) in [6.07, 6.45) is 4.74. The highest BCUT2D eigenvalue weighted by Gasteiger charge is 2.16. The van der Waals surface area contributed by atoms with E-state index in [9.17, 15) is 9.18 Å². The lowest BCUT2D eigenvalue weighted by molar-refractivity contribution is 0.0691. The molecule has 0 amide bonds. The van der Waals surface area contributed by atoms with E-state index in [4.69, 9.17) is 5.11 Å². The first-order chi connectivity index (χ1) is 8.68. The molecule has 0 radical (unpaired) electrons. The predicted octanol–water partition coefficient (Wildman–Crippen LogP) is 2.90. The molecule has 1 saturated heterocycles. The monoisotopic (exact) mass is 251 g/mol. The topological polar surface area (TPSA) is 40.5 Å². The van der Waals surface area contributed by atoms with Crippen LogP contribution in [0.15, 0.2) is 18.2 Å². The minimum atomic E-state index is -1.20. The van der Waals surface area contributed by atoms with E-state index in [2.05, 4.69) is 4.90 Å². The number of carbonyl (C=O) groups is 1. The van der Waals surface area contributed by atoms with Gasteiger partial charge in [-0.05, 0) is 32.0 Å². The zero-order valence-corrected chi connectivity index (χ0v) is 10.4. The van der Waals surface area contributed by atoms with Crippen molar-refractivity contribution in [2.75, 3.05) is 13.1 Å². The van der Waals surface area contributed by atoms with Gasteiger partial charge in [0.25, 0.3) is 0 Å². The third kappa shape index (κ3) is 3.07. The van der Waals surface area contributed by atoms with Crippen LogP contribution in [0.3, 0.4) is 0 Å². The van der Waals surface area contributed by atoms with Crippen molar-refractivity contribution in [2.45, 2.75) is 32.2 Å². The molecule has 0 aliphatic carbocycles. The summed E-state index contributed by atoms with van der Waals surface area (Å²) in [4.78, 5) is 13.1. The molecule has 1 aliphatic rings. The number of halogens is 1.